The molecule has 0 radical (unpaired) electrons. The lowest BCUT2D eigenvalue weighted by Crippen LogP contribution is -2.51. The molecule has 0 aromatic rings. The average molecular weight is 470 g/mol. The van der Waals surface area contributed by atoms with E-state index in [0.29, 0.717) is 23.3 Å². The molecule has 0 amide bonds. The Labute approximate surface area is 207 Å². The number of esters is 1. The number of ether oxygens (including phenoxy) is 1. The van der Waals surface area contributed by atoms with Crippen LogP contribution in [0, 0.1) is 46.3 Å². The predicted molar refractivity (Wildman–Crippen MR) is 137 cm³/mol. The molecule has 4 rings (SSSR count). The molecule has 0 saturated heterocycles. The third kappa shape index (κ3) is 4.79. The van der Waals surface area contributed by atoms with Gasteiger partial charge in [0.1, 0.15) is 6.10 Å². The molecule has 3 fully saturated rings. The summed E-state index contributed by atoms with van der Waals surface area (Å²) in [6.45, 7) is 12.1. The first kappa shape index (κ1) is 25.6. The summed E-state index contributed by atoms with van der Waals surface area (Å²) in [4.78, 5) is 14.4. The lowest BCUT2D eigenvalue weighted by Gasteiger charge is -2.58. The summed E-state index contributed by atoms with van der Waals surface area (Å²) in [5.74, 6) is 4.49. The van der Waals surface area contributed by atoms with Gasteiger partial charge in [0.25, 0.3) is 0 Å². The molecule has 5 heteroatoms. The van der Waals surface area contributed by atoms with Crippen LogP contribution >= 0.6 is 0 Å². The van der Waals surface area contributed by atoms with Crippen molar-refractivity contribution in [3.63, 3.8) is 0 Å². The van der Waals surface area contributed by atoms with Crippen molar-refractivity contribution < 1.29 is 9.53 Å². The Morgan fingerprint density at radius 1 is 1.18 bits per heavy atom. The molecule has 4 aliphatic rings. The first-order valence-electron chi connectivity index (χ1n) is 14.1. The molecule has 0 bridgehead atoms. The summed E-state index contributed by atoms with van der Waals surface area (Å²) in [5, 5.41) is 3.76. The first-order valence-corrected chi connectivity index (χ1v) is 14.1. The number of azide groups is 1. The van der Waals surface area contributed by atoms with Gasteiger partial charge >= 0.3 is 5.97 Å². The SMILES string of the molecule is CC(=O)O[C@H]1CC[C@@]2(C)C(=CC[C@H]3[C@@H]4CC[C@H](C(C)CCCC(C)CN=[N+]=[N-])[C@@]4(C)CC[C@@H]32)C1. The van der Waals surface area contributed by atoms with Crippen molar-refractivity contribution in [3.05, 3.63) is 22.1 Å². The summed E-state index contributed by atoms with van der Waals surface area (Å²) < 4.78 is 5.61. The van der Waals surface area contributed by atoms with Crippen LogP contribution in [0.3, 0.4) is 0 Å². The van der Waals surface area contributed by atoms with Crippen molar-refractivity contribution in [2.75, 3.05) is 6.54 Å². The van der Waals surface area contributed by atoms with Gasteiger partial charge in [0.15, 0.2) is 0 Å². The van der Waals surface area contributed by atoms with Gasteiger partial charge < -0.3 is 4.74 Å². The van der Waals surface area contributed by atoms with Gasteiger partial charge in [0.2, 0.25) is 0 Å². The van der Waals surface area contributed by atoms with Crippen molar-refractivity contribution in [2.24, 2.45) is 51.5 Å². The van der Waals surface area contributed by atoms with E-state index in [1.807, 2.05) is 0 Å². The molecule has 4 aliphatic carbocycles. The number of allylic oxidation sites excluding steroid dienone is 1. The van der Waals surface area contributed by atoms with Gasteiger partial charge in [-0.05, 0) is 96.8 Å². The highest BCUT2D eigenvalue weighted by Crippen LogP contribution is 2.67. The Morgan fingerprint density at radius 3 is 2.71 bits per heavy atom. The second-order valence-electron chi connectivity index (χ2n) is 12.9. The fraction of sp³-hybridized carbons (Fsp3) is 0.897. The van der Waals surface area contributed by atoms with Gasteiger partial charge in [-0.15, -0.1) is 0 Å². The Bertz CT molecular complexity index is 833. The van der Waals surface area contributed by atoms with Crippen LogP contribution in [0.1, 0.15) is 105 Å². The van der Waals surface area contributed by atoms with E-state index in [-0.39, 0.29) is 12.1 Å². The number of carbonyl (C=O) groups excluding carboxylic acids is 1. The van der Waals surface area contributed by atoms with Crippen molar-refractivity contribution >= 4 is 5.97 Å². The van der Waals surface area contributed by atoms with Gasteiger partial charge in [0.05, 0.1) is 0 Å². The van der Waals surface area contributed by atoms with Crippen LogP contribution in [0.5, 0.6) is 0 Å². The molecule has 0 aromatic heterocycles. The molecule has 34 heavy (non-hydrogen) atoms. The summed E-state index contributed by atoms with van der Waals surface area (Å²) in [5.41, 5.74) is 10.9. The van der Waals surface area contributed by atoms with Crippen LogP contribution in [0.15, 0.2) is 16.8 Å². The molecule has 3 saturated carbocycles. The zero-order chi connectivity index (χ0) is 24.5. The maximum atomic E-state index is 11.5. The van der Waals surface area contributed by atoms with Gasteiger partial charge in [-0.2, -0.15) is 0 Å². The van der Waals surface area contributed by atoms with E-state index >= 15 is 0 Å². The fourth-order valence-corrected chi connectivity index (χ4v) is 9.19. The molecule has 0 aliphatic heterocycles. The van der Waals surface area contributed by atoms with Gasteiger partial charge in [-0.25, -0.2) is 0 Å². The molecule has 0 spiro atoms. The second-order valence-corrected chi connectivity index (χ2v) is 12.9. The molecule has 0 heterocycles. The highest BCUT2D eigenvalue weighted by Gasteiger charge is 2.59. The van der Waals surface area contributed by atoms with Crippen molar-refractivity contribution in [1.82, 2.24) is 0 Å². The van der Waals surface area contributed by atoms with Crippen molar-refractivity contribution in [2.45, 2.75) is 111 Å². The normalized spacial score (nSPS) is 40.6. The number of carbonyl (C=O) groups is 1. The minimum absolute atomic E-state index is 0.0911. The molecular weight excluding hydrogens is 422 g/mol. The summed E-state index contributed by atoms with van der Waals surface area (Å²) >= 11 is 0. The Kier molecular flexibility index (Phi) is 7.72. The molecule has 9 atom stereocenters. The number of nitrogens with zero attached hydrogens (tertiary/aromatic N) is 3. The van der Waals surface area contributed by atoms with E-state index in [0.717, 1.165) is 42.4 Å². The third-order valence-corrected chi connectivity index (χ3v) is 11.0. The van der Waals surface area contributed by atoms with E-state index in [1.54, 1.807) is 12.5 Å². The minimum Gasteiger partial charge on any atom is -0.462 e. The molecule has 190 valence electrons. The lowest BCUT2D eigenvalue weighted by molar-refractivity contribution is -0.148. The molecule has 2 unspecified atom stereocenters. The van der Waals surface area contributed by atoms with E-state index in [2.05, 4.69) is 43.8 Å². The zero-order valence-electron chi connectivity index (χ0n) is 22.3. The van der Waals surface area contributed by atoms with Crippen molar-refractivity contribution in [1.29, 1.82) is 0 Å². The number of hydrogen-bond acceptors (Lipinski definition) is 3. The number of fused-ring (bicyclic) bond motifs is 5. The summed E-state index contributed by atoms with van der Waals surface area (Å²) in [7, 11) is 0. The van der Waals surface area contributed by atoms with Gasteiger partial charge in [0, 0.05) is 24.8 Å². The van der Waals surface area contributed by atoms with E-state index < -0.39 is 0 Å². The number of hydrogen-bond donors (Lipinski definition) is 0. The maximum Gasteiger partial charge on any atom is 0.302 e. The van der Waals surface area contributed by atoms with Crippen LogP contribution in [0.25, 0.3) is 10.4 Å². The zero-order valence-corrected chi connectivity index (χ0v) is 22.3. The predicted octanol–water partition coefficient (Wildman–Crippen LogP) is 8.25. The van der Waals surface area contributed by atoms with Gasteiger partial charge in [-0.1, -0.05) is 63.7 Å². The summed E-state index contributed by atoms with van der Waals surface area (Å²) in [6.07, 6.45) is 16.4. The highest BCUT2D eigenvalue weighted by atomic mass is 16.5. The van der Waals surface area contributed by atoms with E-state index in [1.165, 1.54) is 57.8 Å². The average Bonchev–Trinajstić information content (AvgIpc) is 3.15. The fourth-order valence-electron chi connectivity index (χ4n) is 9.19. The second kappa shape index (κ2) is 10.2. The van der Waals surface area contributed by atoms with Crippen LogP contribution in [0.4, 0.5) is 0 Å². The van der Waals surface area contributed by atoms with Crippen molar-refractivity contribution in [3.8, 4) is 0 Å². The summed E-state index contributed by atoms with van der Waals surface area (Å²) in [6, 6.07) is 0. The molecular formula is C29H47N3O2. The maximum absolute atomic E-state index is 11.5. The standard InChI is InChI=1S/C29H47N3O2/c1-19(18-31-32-30)7-6-8-20(2)25-11-12-26-24-10-9-22-17-23(34-21(3)33)13-15-28(22,4)27(24)14-16-29(25,26)5/h9,19-20,23-27H,6-8,10-18H2,1-5H3/t19?,20?,23-,24-,25+,26-,27-,28-,29+/m0/s1. The molecule has 0 aromatic carbocycles. The van der Waals surface area contributed by atoms with Gasteiger partial charge in [-0.3, -0.25) is 4.79 Å². The first-order chi connectivity index (χ1) is 16.2. The number of rotatable bonds is 8. The Hall–Kier alpha value is -1.48. The lowest BCUT2D eigenvalue weighted by atomic mass is 9.47. The van der Waals surface area contributed by atoms with Crippen LogP contribution in [0.2, 0.25) is 0 Å². The largest absolute Gasteiger partial charge is 0.462 e. The molecule has 0 N–H and O–H groups in total. The van der Waals surface area contributed by atoms with E-state index in [9.17, 15) is 4.79 Å². The van der Waals surface area contributed by atoms with Crippen LogP contribution in [-0.2, 0) is 9.53 Å². The minimum atomic E-state index is -0.132. The van der Waals surface area contributed by atoms with Crippen LogP contribution in [-0.4, -0.2) is 18.6 Å². The van der Waals surface area contributed by atoms with Crippen LogP contribution < -0.4 is 0 Å². The quantitative estimate of drug-likeness (QED) is 0.118. The van der Waals surface area contributed by atoms with E-state index in [4.69, 9.17) is 10.3 Å². The Balaban J connectivity index is 1.40. The Morgan fingerprint density at radius 2 is 1.97 bits per heavy atom. The third-order valence-electron chi connectivity index (χ3n) is 11.0. The highest BCUT2D eigenvalue weighted by molar-refractivity contribution is 5.66. The monoisotopic (exact) mass is 469 g/mol. The molecule has 5 nitrogen and oxygen atoms in total. The topological polar surface area (TPSA) is 75.1 Å². The smallest absolute Gasteiger partial charge is 0.302 e.